The number of hydrogen-bond acceptors (Lipinski definition) is 3. The van der Waals surface area contributed by atoms with Crippen molar-refractivity contribution in [1.29, 1.82) is 0 Å². The van der Waals surface area contributed by atoms with Crippen molar-refractivity contribution in [2.45, 2.75) is 20.4 Å². The largest absolute Gasteiger partial charge is 0.465 e. The Kier molecular flexibility index (Phi) is 3.44. The van der Waals surface area contributed by atoms with Gasteiger partial charge in [-0.3, -0.25) is 4.90 Å². The monoisotopic (exact) mass is 208 g/mol. The van der Waals surface area contributed by atoms with Gasteiger partial charge in [0, 0.05) is 26.2 Å². The molecule has 0 bridgehead atoms. The second-order valence-corrected chi connectivity index (χ2v) is 4.22. The molecule has 0 unspecified atom stereocenters. The summed E-state index contributed by atoms with van der Waals surface area (Å²) in [6.07, 6.45) is 0. The van der Waals surface area contributed by atoms with Gasteiger partial charge in [0.15, 0.2) is 0 Å². The highest BCUT2D eigenvalue weighted by Crippen LogP contribution is 2.11. The Morgan fingerprint density at radius 1 is 1.13 bits per heavy atom. The second kappa shape index (κ2) is 4.81. The summed E-state index contributed by atoms with van der Waals surface area (Å²) in [5.41, 5.74) is 0. The fourth-order valence-electron chi connectivity index (χ4n) is 2.05. The van der Waals surface area contributed by atoms with Gasteiger partial charge in [0.05, 0.1) is 6.54 Å². The number of aryl methyl sites for hydroxylation is 1. The van der Waals surface area contributed by atoms with E-state index in [1.54, 1.807) is 0 Å². The molecule has 1 aliphatic heterocycles. The summed E-state index contributed by atoms with van der Waals surface area (Å²) in [4.78, 5) is 4.95. The molecule has 0 spiro atoms. The van der Waals surface area contributed by atoms with E-state index in [2.05, 4.69) is 22.8 Å². The minimum Gasteiger partial charge on any atom is -0.465 e. The van der Waals surface area contributed by atoms with Crippen molar-refractivity contribution in [2.75, 3.05) is 32.7 Å². The van der Waals surface area contributed by atoms with E-state index >= 15 is 0 Å². The summed E-state index contributed by atoms with van der Waals surface area (Å²) in [5.74, 6) is 2.11. The smallest absolute Gasteiger partial charge is 0.118 e. The molecule has 0 aliphatic carbocycles. The predicted octanol–water partition coefficient (Wildman–Crippen LogP) is 1.73. The highest BCUT2D eigenvalue weighted by atomic mass is 16.3. The van der Waals surface area contributed by atoms with Crippen LogP contribution in [-0.4, -0.2) is 42.5 Å². The molecule has 1 saturated heterocycles. The van der Waals surface area contributed by atoms with Gasteiger partial charge in [-0.05, 0) is 25.6 Å². The van der Waals surface area contributed by atoms with Gasteiger partial charge >= 0.3 is 0 Å². The molecule has 1 aromatic rings. The van der Waals surface area contributed by atoms with Crippen LogP contribution in [0.1, 0.15) is 18.4 Å². The standard InChI is InChI=1S/C12H20N2O/c1-3-13-6-8-14(9-7-13)10-12-5-4-11(2)15-12/h4-5H,3,6-10H2,1-2H3. The highest BCUT2D eigenvalue weighted by molar-refractivity contribution is 5.05. The first-order chi connectivity index (χ1) is 7.28. The fourth-order valence-corrected chi connectivity index (χ4v) is 2.05. The maximum atomic E-state index is 5.58. The maximum Gasteiger partial charge on any atom is 0.118 e. The Morgan fingerprint density at radius 3 is 2.33 bits per heavy atom. The van der Waals surface area contributed by atoms with Gasteiger partial charge in [0.25, 0.3) is 0 Å². The van der Waals surface area contributed by atoms with E-state index in [4.69, 9.17) is 4.42 Å². The van der Waals surface area contributed by atoms with Crippen LogP contribution in [0.4, 0.5) is 0 Å². The van der Waals surface area contributed by atoms with Crippen LogP contribution in [0.25, 0.3) is 0 Å². The fraction of sp³-hybridized carbons (Fsp3) is 0.667. The average Bonchev–Trinajstić information content (AvgIpc) is 2.65. The van der Waals surface area contributed by atoms with E-state index < -0.39 is 0 Å². The van der Waals surface area contributed by atoms with Gasteiger partial charge in [-0.1, -0.05) is 6.92 Å². The molecule has 2 rings (SSSR count). The minimum atomic E-state index is 0.964. The van der Waals surface area contributed by atoms with Crippen molar-refractivity contribution in [3.63, 3.8) is 0 Å². The maximum absolute atomic E-state index is 5.58. The van der Waals surface area contributed by atoms with Crippen LogP contribution in [0.15, 0.2) is 16.5 Å². The Morgan fingerprint density at radius 2 is 1.80 bits per heavy atom. The van der Waals surface area contributed by atoms with Crippen molar-refractivity contribution >= 4 is 0 Å². The zero-order valence-corrected chi connectivity index (χ0v) is 9.70. The van der Waals surface area contributed by atoms with Crippen LogP contribution in [0.3, 0.4) is 0 Å². The topological polar surface area (TPSA) is 19.6 Å². The van der Waals surface area contributed by atoms with E-state index in [1.165, 1.54) is 19.6 Å². The summed E-state index contributed by atoms with van der Waals surface area (Å²) in [7, 11) is 0. The van der Waals surface area contributed by atoms with Gasteiger partial charge in [-0.15, -0.1) is 0 Å². The van der Waals surface area contributed by atoms with Crippen LogP contribution in [0.5, 0.6) is 0 Å². The molecule has 0 saturated carbocycles. The number of likely N-dealkylation sites (N-methyl/N-ethyl adjacent to an activating group) is 1. The first kappa shape index (κ1) is 10.7. The van der Waals surface area contributed by atoms with Crippen LogP contribution < -0.4 is 0 Å². The average molecular weight is 208 g/mol. The number of furan rings is 1. The lowest BCUT2D eigenvalue weighted by Gasteiger charge is -2.33. The SMILES string of the molecule is CCN1CCN(Cc2ccc(C)o2)CC1. The first-order valence-electron chi connectivity index (χ1n) is 5.78. The van der Waals surface area contributed by atoms with Crippen molar-refractivity contribution in [2.24, 2.45) is 0 Å². The molecule has 0 N–H and O–H groups in total. The molecule has 1 fully saturated rings. The lowest BCUT2D eigenvalue weighted by molar-refractivity contribution is 0.125. The van der Waals surface area contributed by atoms with E-state index in [0.717, 1.165) is 31.2 Å². The third-order valence-corrected chi connectivity index (χ3v) is 3.09. The Labute approximate surface area is 91.7 Å². The zero-order valence-electron chi connectivity index (χ0n) is 9.70. The molecule has 1 aromatic heterocycles. The Balaban J connectivity index is 1.82. The molecule has 1 aliphatic rings. The number of piperazine rings is 1. The molecule has 84 valence electrons. The van der Waals surface area contributed by atoms with Gasteiger partial charge in [0.2, 0.25) is 0 Å². The quantitative estimate of drug-likeness (QED) is 0.754. The van der Waals surface area contributed by atoms with Crippen LogP contribution in [0.2, 0.25) is 0 Å². The second-order valence-electron chi connectivity index (χ2n) is 4.22. The molecule has 0 atom stereocenters. The number of nitrogens with zero attached hydrogens (tertiary/aromatic N) is 2. The molecule has 15 heavy (non-hydrogen) atoms. The van der Waals surface area contributed by atoms with Gasteiger partial charge in [-0.25, -0.2) is 0 Å². The van der Waals surface area contributed by atoms with Crippen LogP contribution in [-0.2, 0) is 6.54 Å². The van der Waals surface area contributed by atoms with E-state index in [-0.39, 0.29) is 0 Å². The molecular weight excluding hydrogens is 188 g/mol. The predicted molar refractivity (Wildman–Crippen MR) is 60.8 cm³/mol. The van der Waals surface area contributed by atoms with E-state index in [9.17, 15) is 0 Å². The van der Waals surface area contributed by atoms with Gasteiger partial charge in [0.1, 0.15) is 11.5 Å². The van der Waals surface area contributed by atoms with Crippen molar-refractivity contribution < 1.29 is 4.42 Å². The van der Waals surface area contributed by atoms with E-state index in [1.807, 2.05) is 13.0 Å². The lowest BCUT2D eigenvalue weighted by Crippen LogP contribution is -2.45. The molecule has 0 radical (unpaired) electrons. The normalized spacial score (nSPS) is 19.6. The highest BCUT2D eigenvalue weighted by Gasteiger charge is 2.16. The van der Waals surface area contributed by atoms with E-state index in [0.29, 0.717) is 0 Å². The van der Waals surface area contributed by atoms with Crippen molar-refractivity contribution in [3.8, 4) is 0 Å². The Hall–Kier alpha value is -0.800. The van der Waals surface area contributed by atoms with Gasteiger partial charge < -0.3 is 9.32 Å². The molecule has 0 amide bonds. The van der Waals surface area contributed by atoms with Crippen LogP contribution in [0, 0.1) is 6.92 Å². The molecular formula is C12H20N2O. The van der Waals surface area contributed by atoms with Gasteiger partial charge in [-0.2, -0.15) is 0 Å². The molecule has 3 nitrogen and oxygen atoms in total. The lowest BCUT2D eigenvalue weighted by atomic mass is 10.3. The third kappa shape index (κ3) is 2.83. The molecule has 2 heterocycles. The Bertz CT molecular complexity index is 300. The molecule has 3 heteroatoms. The van der Waals surface area contributed by atoms with Crippen molar-refractivity contribution in [1.82, 2.24) is 9.80 Å². The summed E-state index contributed by atoms with van der Waals surface area (Å²) in [6, 6.07) is 4.12. The van der Waals surface area contributed by atoms with Crippen molar-refractivity contribution in [3.05, 3.63) is 23.7 Å². The third-order valence-electron chi connectivity index (χ3n) is 3.09. The summed E-state index contributed by atoms with van der Waals surface area (Å²) in [6.45, 7) is 11.1. The van der Waals surface area contributed by atoms with Crippen LogP contribution >= 0.6 is 0 Å². The summed E-state index contributed by atoms with van der Waals surface area (Å²) >= 11 is 0. The number of hydrogen-bond donors (Lipinski definition) is 0. The summed E-state index contributed by atoms with van der Waals surface area (Å²) < 4.78 is 5.58. The number of rotatable bonds is 3. The zero-order chi connectivity index (χ0) is 10.7. The minimum absolute atomic E-state index is 0.964. The molecule has 0 aromatic carbocycles. The summed E-state index contributed by atoms with van der Waals surface area (Å²) in [5, 5.41) is 0. The first-order valence-corrected chi connectivity index (χ1v) is 5.78.